The van der Waals surface area contributed by atoms with Crippen molar-refractivity contribution in [3.8, 4) is 0 Å². The van der Waals surface area contributed by atoms with E-state index in [1.165, 1.54) is 12.8 Å². The van der Waals surface area contributed by atoms with Gasteiger partial charge in [-0.05, 0) is 61.4 Å². The minimum atomic E-state index is 0.0391. The van der Waals surface area contributed by atoms with Gasteiger partial charge in [0, 0.05) is 23.6 Å². The monoisotopic (exact) mass is 380 g/mol. The molecule has 1 aromatic carbocycles. The molecule has 0 bridgehead atoms. The fourth-order valence-electron chi connectivity index (χ4n) is 3.49. The summed E-state index contributed by atoms with van der Waals surface area (Å²) in [6.45, 7) is 2.29. The summed E-state index contributed by atoms with van der Waals surface area (Å²) >= 11 is 1.64. The average Bonchev–Trinajstić information content (AvgIpc) is 3.12. The van der Waals surface area contributed by atoms with Crippen molar-refractivity contribution in [1.82, 2.24) is 19.9 Å². The highest BCUT2D eigenvalue weighted by molar-refractivity contribution is 7.98. The highest BCUT2D eigenvalue weighted by Crippen LogP contribution is 2.24. The molecule has 1 aliphatic carbocycles. The summed E-state index contributed by atoms with van der Waals surface area (Å²) in [5, 5.41) is 12.5. The van der Waals surface area contributed by atoms with Crippen LogP contribution in [0.3, 0.4) is 0 Å². The van der Waals surface area contributed by atoms with E-state index in [2.05, 4.69) is 22.4 Å². The Hall–Kier alpha value is -2.34. The molecule has 27 heavy (non-hydrogen) atoms. The first-order chi connectivity index (χ1) is 13.2. The SMILES string of the molecule is CC1CCC(NC(=O)c2ccc(CSc3nnc4ccccn34)cc2)CC1. The fraction of sp³-hybridized carbons (Fsp3) is 0.381. The third-order valence-electron chi connectivity index (χ3n) is 5.22. The van der Waals surface area contributed by atoms with Gasteiger partial charge in [0.05, 0.1) is 0 Å². The molecule has 140 valence electrons. The van der Waals surface area contributed by atoms with Crippen LogP contribution in [0.4, 0.5) is 0 Å². The smallest absolute Gasteiger partial charge is 0.251 e. The van der Waals surface area contributed by atoms with Gasteiger partial charge in [0.2, 0.25) is 0 Å². The fourth-order valence-corrected chi connectivity index (χ4v) is 4.37. The van der Waals surface area contributed by atoms with Gasteiger partial charge in [-0.3, -0.25) is 9.20 Å². The van der Waals surface area contributed by atoms with Crippen LogP contribution in [0.2, 0.25) is 0 Å². The molecular weight excluding hydrogens is 356 g/mol. The Morgan fingerprint density at radius 2 is 1.89 bits per heavy atom. The molecule has 1 aliphatic rings. The first-order valence-corrected chi connectivity index (χ1v) is 10.5. The summed E-state index contributed by atoms with van der Waals surface area (Å²) in [4.78, 5) is 12.5. The van der Waals surface area contributed by atoms with Gasteiger partial charge in [0.1, 0.15) is 0 Å². The number of benzene rings is 1. The normalized spacial score (nSPS) is 19.9. The largest absolute Gasteiger partial charge is 0.349 e. The molecule has 1 saturated carbocycles. The summed E-state index contributed by atoms with van der Waals surface area (Å²) in [7, 11) is 0. The second kappa shape index (κ2) is 8.13. The number of pyridine rings is 1. The van der Waals surface area contributed by atoms with Crippen LogP contribution in [0, 0.1) is 5.92 Å². The van der Waals surface area contributed by atoms with E-state index in [1.54, 1.807) is 11.8 Å². The van der Waals surface area contributed by atoms with Gasteiger partial charge in [0.15, 0.2) is 10.8 Å². The zero-order valence-corrected chi connectivity index (χ0v) is 16.3. The molecule has 0 radical (unpaired) electrons. The van der Waals surface area contributed by atoms with Gasteiger partial charge >= 0.3 is 0 Å². The number of hydrogen-bond acceptors (Lipinski definition) is 4. The van der Waals surface area contributed by atoms with Crippen molar-refractivity contribution < 1.29 is 4.79 Å². The van der Waals surface area contributed by atoms with E-state index in [9.17, 15) is 4.79 Å². The van der Waals surface area contributed by atoms with E-state index >= 15 is 0 Å². The van der Waals surface area contributed by atoms with Crippen LogP contribution < -0.4 is 5.32 Å². The maximum atomic E-state index is 12.5. The number of nitrogens with zero attached hydrogens (tertiary/aromatic N) is 3. The van der Waals surface area contributed by atoms with Crippen molar-refractivity contribution >= 4 is 23.3 Å². The predicted octanol–water partition coefficient (Wildman–Crippen LogP) is 4.33. The maximum absolute atomic E-state index is 12.5. The number of carbonyl (C=O) groups is 1. The lowest BCUT2D eigenvalue weighted by Gasteiger charge is -2.26. The summed E-state index contributed by atoms with van der Waals surface area (Å²) < 4.78 is 1.98. The van der Waals surface area contributed by atoms with Crippen LogP contribution in [-0.4, -0.2) is 26.5 Å². The Labute approximate surface area is 163 Å². The van der Waals surface area contributed by atoms with Crippen LogP contribution in [0.15, 0.2) is 53.8 Å². The van der Waals surface area contributed by atoms with Crippen LogP contribution >= 0.6 is 11.8 Å². The number of thioether (sulfide) groups is 1. The highest BCUT2D eigenvalue weighted by atomic mass is 32.2. The second-order valence-corrected chi connectivity index (χ2v) is 8.27. The molecule has 0 aliphatic heterocycles. The molecule has 0 spiro atoms. The molecule has 0 unspecified atom stereocenters. The van der Waals surface area contributed by atoms with Crippen LogP contribution in [0.1, 0.15) is 48.5 Å². The molecule has 0 saturated heterocycles. The molecule has 2 heterocycles. The van der Waals surface area contributed by atoms with E-state index in [1.807, 2.05) is 53.1 Å². The Kier molecular flexibility index (Phi) is 5.43. The van der Waals surface area contributed by atoms with Crippen molar-refractivity contribution in [3.05, 3.63) is 59.8 Å². The van der Waals surface area contributed by atoms with Crippen molar-refractivity contribution in [2.45, 2.75) is 49.6 Å². The summed E-state index contributed by atoms with van der Waals surface area (Å²) in [6, 6.07) is 14.1. The van der Waals surface area contributed by atoms with Crippen molar-refractivity contribution in [2.75, 3.05) is 0 Å². The van der Waals surface area contributed by atoms with Gasteiger partial charge in [-0.1, -0.05) is 36.9 Å². The van der Waals surface area contributed by atoms with Gasteiger partial charge in [-0.15, -0.1) is 10.2 Å². The zero-order valence-electron chi connectivity index (χ0n) is 15.5. The van der Waals surface area contributed by atoms with E-state index in [0.717, 1.165) is 46.4 Å². The first-order valence-electron chi connectivity index (χ1n) is 9.51. The number of aromatic nitrogens is 3. The van der Waals surface area contributed by atoms with Gasteiger partial charge in [-0.2, -0.15) is 0 Å². The van der Waals surface area contributed by atoms with Gasteiger partial charge in [-0.25, -0.2) is 0 Å². The lowest BCUT2D eigenvalue weighted by molar-refractivity contribution is 0.0923. The molecular formula is C21H24N4OS. The average molecular weight is 381 g/mol. The van der Waals surface area contributed by atoms with E-state index in [0.29, 0.717) is 6.04 Å². The quantitative estimate of drug-likeness (QED) is 0.669. The third-order valence-corrected chi connectivity index (χ3v) is 6.23. The molecule has 0 atom stereocenters. The number of carbonyl (C=O) groups excluding carboxylic acids is 1. The number of amides is 1. The number of hydrogen-bond donors (Lipinski definition) is 1. The Morgan fingerprint density at radius 1 is 1.11 bits per heavy atom. The molecule has 4 rings (SSSR count). The molecule has 3 aromatic rings. The molecule has 1 fully saturated rings. The van der Waals surface area contributed by atoms with Crippen molar-refractivity contribution in [2.24, 2.45) is 5.92 Å². The molecule has 1 N–H and O–H groups in total. The minimum Gasteiger partial charge on any atom is -0.349 e. The van der Waals surface area contributed by atoms with E-state index < -0.39 is 0 Å². The van der Waals surface area contributed by atoms with Gasteiger partial charge < -0.3 is 5.32 Å². The number of rotatable bonds is 5. The third kappa shape index (κ3) is 4.33. The standard InChI is InChI=1S/C21H24N4OS/c1-15-5-11-18(12-6-15)22-20(26)17-9-7-16(8-10-17)14-27-21-24-23-19-4-2-3-13-25(19)21/h2-4,7-10,13,15,18H,5-6,11-12,14H2,1H3,(H,22,26). The lowest BCUT2D eigenvalue weighted by Crippen LogP contribution is -2.37. The molecule has 1 amide bonds. The minimum absolute atomic E-state index is 0.0391. The molecule has 2 aromatic heterocycles. The highest BCUT2D eigenvalue weighted by Gasteiger charge is 2.20. The summed E-state index contributed by atoms with van der Waals surface area (Å²) in [5.74, 6) is 1.62. The molecule has 6 heteroatoms. The maximum Gasteiger partial charge on any atom is 0.251 e. The topological polar surface area (TPSA) is 59.3 Å². The van der Waals surface area contributed by atoms with Crippen LogP contribution in [-0.2, 0) is 5.75 Å². The summed E-state index contributed by atoms with van der Waals surface area (Å²) in [6.07, 6.45) is 6.57. The number of fused-ring (bicyclic) bond motifs is 1. The Morgan fingerprint density at radius 3 is 2.67 bits per heavy atom. The molecule has 5 nitrogen and oxygen atoms in total. The first kappa shape index (κ1) is 18.0. The lowest BCUT2D eigenvalue weighted by atomic mass is 9.87. The van der Waals surface area contributed by atoms with E-state index in [-0.39, 0.29) is 5.91 Å². The zero-order chi connectivity index (χ0) is 18.6. The van der Waals surface area contributed by atoms with Gasteiger partial charge in [0.25, 0.3) is 5.91 Å². The Bertz CT molecular complexity index is 913. The summed E-state index contributed by atoms with van der Waals surface area (Å²) in [5.41, 5.74) is 2.75. The Balaban J connectivity index is 1.34. The van der Waals surface area contributed by atoms with E-state index in [4.69, 9.17) is 0 Å². The van der Waals surface area contributed by atoms with Crippen molar-refractivity contribution in [1.29, 1.82) is 0 Å². The van der Waals surface area contributed by atoms with Crippen LogP contribution in [0.5, 0.6) is 0 Å². The second-order valence-electron chi connectivity index (χ2n) is 7.33. The predicted molar refractivity (Wildman–Crippen MR) is 108 cm³/mol. The van der Waals surface area contributed by atoms with Crippen molar-refractivity contribution in [3.63, 3.8) is 0 Å². The van der Waals surface area contributed by atoms with Crippen LogP contribution in [0.25, 0.3) is 5.65 Å². The number of nitrogens with one attached hydrogen (secondary N) is 1.